The van der Waals surface area contributed by atoms with Gasteiger partial charge in [0.25, 0.3) is 5.91 Å². The van der Waals surface area contributed by atoms with Gasteiger partial charge in [0.2, 0.25) is 11.8 Å². The SMILES string of the molecule is CCCC(=O)OCN(C(=O)C(NC(=O)[C@H]1CCCCN1C)[C@@H](C)CC)[C@H](C[C@@H](OC(C)=O)c1nc(C(=O)N[C@@H](Cc2ccc(O)cc2)C[C@H](C)C(=O)O)cs1)C(C)C. The number of esters is 2. The molecule has 1 aliphatic rings. The monoisotopic (exact) mass is 829 g/mol. The number of piperidine rings is 1. The molecule has 0 aliphatic carbocycles. The Bertz CT molecular complexity index is 1680. The third kappa shape index (κ3) is 14.4. The zero-order valence-corrected chi connectivity index (χ0v) is 36.0. The van der Waals surface area contributed by atoms with E-state index in [9.17, 15) is 39.0 Å². The summed E-state index contributed by atoms with van der Waals surface area (Å²) in [5.41, 5.74) is 0.816. The highest BCUT2D eigenvalue weighted by Crippen LogP contribution is 2.32. The van der Waals surface area contributed by atoms with Crippen molar-refractivity contribution < 1.29 is 48.5 Å². The van der Waals surface area contributed by atoms with E-state index in [2.05, 4.69) is 15.6 Å². The molecular formula is C42H63N5O10S. The van der Waals surface area contributed by atoms with Crippen molar-refractivity contribution in [1.82, 2.24) is 25.4 Å². The first-order valence-corrected chi connectivity index (χ1v) is 21.2. The number of amides is 3. The lowest BCUT2D eigenvalue weighted by Gasteiger charge is -2.39. The van der Waals surface area contributed by atoms with Gasteiger partial charge >= 0.3 is 17.9 Å². The number of rotatable bonds is 22. The van der Waals surface area contributed by atoms with Crippen LogP contribution in [0.2, 0.25) is 0 Å². The van der Waals surface area contributed by atoms with Crippen LogP contribution in [0.25, 0.3) is 0 Å². The van der Waals surface area contributed by atoms with Crippen molar-refractivity contribution in [2.45, 2.75) is 137 Å². The van der Waals surface area contributed by atoms with Crippen molar-refractivity contribution in [3.63, 3.8) is 0 Å². The Morgan fingerprint density at radius 3 is 2.29 bits per heavy atom. The van der Waals surface area contributed by atoms with Crippen molar-refractivity contribution in [2.24, 2.45) is 17.8 Å². The molecule has 1 fully saturated rings. The van der Waals surface area contributed by atoms with E-state index < -0.39 is 59.9 Å². The summed E-state index contributed by atoms with van der Waals surface area (Å²) >= 11 is 1.10. The standard InChI is InChI=1S/C42H63N5O10S/c1-9-13-36(50)56-24-47(41(53)37(26(5)10-2)45-39(52)33-14-11-12-19-46(33)8)34(25(3)4)22-35(57-28(7)48)40-44-32(23-58-40)38(51)43-30(20-27(6)42(54)55)21-29-15-17-31(49)18-16-29/h15-18,23,25-27,30,33-35,37,49H,9-14,19-22,24H2,1-8H3,(H,43,51)(H,45,52)(H,54,55)/t26-,27-,30+,33+,34+,35+,37?/m0/s1. The molecule has 1 unspecified atom stereocenters. The molecule has 58 heavy (non-hydrogen) atoms. The summed E-state index contributed by atoms with van der Waals surface area (Å²) in [5, 5.41) is 27.1. The predicted molar refractivity (Wildman–Crippen MR) is 219 cm³/mol. The Morgan fingerprint density at radius 2 is 1.71 bits per heavy atom. The van der Waals surface area contributed by atoms with Gasteiger partial charge in [0.1, 0.15) is 22.5 Å². The van der Waals surface area contributed by atoms with Gasteiger partial charge in [-0.3, -0.25) is 33.7 Å². The van der Waals surface area contributed by atoms with E-state index in [-0.39, 0.29) is 61.2 Å². The molecule has 1 aliphatic heterocycles. The van der Waals surface area contributed by atoms with Gasteiger partial charge in [0, 0.05) is 37.2 Å². The van der Waals surface area contributed by atoms with Crippen LogP contribution < -0.4 is 10.6 Å². The highest BCUT2D eigenvalue weighted by molar-refractivity contribution is 7.09. The maximum atomic E-state index is 14.7. The largest absolute Gasteiger partial charge is 0.508 e. The number of likely N-dealkylation sites (N-methyl/N-ethyl adjacent to an activating group) is 1. The van der Waals surface area contributed by atoms with Crippen LogP contribution in [0.4, 0.5) is 0 Å². The van der Waals surface area contributed by atoms with Crippen LogP contribution in [0.1, 0.15) is 127 Å². The number of phenols is 1. The lowest BCUT2D eigenvalue weighted by molar-refractivity contribution is -0.160. The molecule has 3 amide bonds. The Morgan fingerprint density at radius 1 is 1.02 bits per heavy atom. The number of carbonyl (C=O) groups is 6. The number of ether oxygens (including phenoxy) is 2. The lowest BCUT2D eigenvalue weighted by Crippen LogP contribution is -2.59. The third-order valence-corrected chi connectivity index (χ3v) is 11.7. The number of phenolic OH excluding ortho intramolecular Hbond substituents is 1. The average Bonchev–Trinajstić information content (AvgIpc) is 3.67. The molecule has 1 aromatic carbocycles. The Hall–Kier alpha value is -4.57. The Labute approximate surface area is 346 Å². The third-order valence-electron chi connectivity index (χ3n) is 10.7. The number of aromatic hydroxyl groups is 1. The predicted octanol–water partition coefficient (Wildman–Crippen LogP) is 5.46. The van der Waals surface area contributed by atoms with Crippen LogP contribution in [-0.4, -0.2) is 105 Å². The van der Waals surface area contributed by atoms with E-state index in [4.69, 9.17) is 9.47 Å². The highest BCUT2D eigenvalue weighted by Gasteiger charge is 2.39. The molecular weight excluding hydrogens is 767 g/mol. The van der Waals surface area contributed by atoms with Gasteiger partial charge in [-0.15, -0.1) is 11.3 Å². The Balaban J connectivity index is 1.95. The summed E-state index contributed by atoms with van der Waals surface area (Å²) in [6, 6.07) is 3.85. The number of aliphatic carboxylic acids is 1. The van der Waals surface area contributed by atoms with Crippen LogP contribution >= 0.6 is 11.3 Å². The molecule has 1 saturated heterocycles. The van der Waals surface area contributed by atoms with Gasteiger partial charge in [-0.1, -0.05) is 66.5 Å². The summed E-state index contributed by atoms with van der Waals surface area (Å²) in [7, 11) is 1.90. The van der Waals surface area contributed by atoms with E-state index in [1.54, 1.807) is 19.1 Å². The molecule has 1 aromatic heterocycles. The van der Waals surface area contributed by atoms with Crippen molar-refractivity contribution in [1.29, 1.82) is 0 Å². The number of likely N-dealkylation sites (tertiary alicyclic amines) is 1. The number of nitrogens with one attached hydrogen (secondary N) is 2. The molecule has 2 aromatic rings. The normalized spacial score (nSPS) is 17.6. The molecule has 4 N–H and O–H groups in total. The zero-order chi connectivity index (χ0) is 43.1. The second-order valence-electron chi connectivity index (χ2n) is 15.8. The van der Waals surface area contributed by atoms with E-state index in [1.807, 2.05) is 46.6 Å². The van der Waals surface area contributed by atoms with Crippen molar-refractivity contribution in [2.75, 3.05) is 20.3 Å². The van der Waals surface area contributed by atoms with Crippen LogP contribution in [0.5, 0.6) is 5.75 Å². The van der Waals surface area contributed by atoms with Gasteiger partial charge in [-0.05, 0) is 75.2 Å². The lowest BCUT2D eigenvalue weighted by atomic mass is 9.92. The summed E-state index contributed by atoms with van der Waals surface area (Å²) in [6.45, 7) is 12.7. The van der Waals surface area contributed by atoms with Gasteiger partial charge in [0.15, 0.2) is 12.8 Å². The molecule has 0 bridgehead atoms. The van der Waals surface area contributed by atoms with E-state index >= 15 is 0 Å². The second kappa shape index (κ2) is 23.1. The number of hydrogen-bond acceptors (Lipinski definition) is 12. The van der Waals surface area contributed by atoms with Gasteiger partial charge in [-0.2, -0.15) is 0 Å². The molecule has 3 rings (SSSR count). The first-order chi connectivity index (χ1) is 27.4. The fourth-order valence-electron chi connectivity index (χ4n) is 7.07. The number of hydrogen-bond donors (Lipinski definition) is 4. The summed E-state index contributed by atoms with van der Waals surface area (Å²) in [5.74, 6) is -4.54. The average molecular weight is 830 g/mol. The minimum atomic E-state index is -1.01. The molecule has 15 nitrogen and oxygen atoms in total. The van der Waals surface area contributed by atoms with Crippen molar-refractivity contribution in [3.8, 4) is 5.75 Å². The zero-order valence-electron chi connectivity index (χ0n) is 35.2. The molecule has 0 radical (unpaired) electrons. The molecule has 322 valence electrons. The maximum Gasteiger partial charge on any atom is 0.307 e. The topological polar surface area (TPSA) is 205 Å². The van der Waals surface area contributed by atoms with Crippen molar-refractivity contribution in [3.05, 3.63) is 45.9 Å². The van der Waals surface area contributed by atoms with Gasteiger partial charge in [-0.25, -0.2) is 4.98 Å². The quantitative estimate of drug-likeness (QED) is 0.0863. The first kappa shape index (κ1) is 47.8. The summed E-state index contributed by atoms with van der Waals surface area (Å²) in [6.07, 6.45) is 3.31. The number of benzene rings is 1. The smallest absolute Gasteiger partial charge is 0.307 e. The number of aromatic nitrogens is 1. The second-order valence-corrected chi connectivity index (χ2v) is 16.7. The van der Waals surface area contributed by atoms with Crippen LogP contribution in [0.3, 0.4) is 0 Å². The number of nitrogens with zero attached hydrogens (tertiary/aromatic N) is 3. The van der Waals surface area contributed by atoms with Crippen LogP contribution in [0, 0.1) is 17.8 Å². The van der Waals surface area contributed by atoms with E-state index in [0.717, 1.165) is 36.3 Å². The minimum Gasteiger partial charge on any atom is -0.508 e. The maximum absolute atomic E-state index is 14.7. The summed E-state index contributed by atoms with van der Waals surface area (Å²) < 4.78 is 11.5. The molecule has 16 heteroatoms. The molecule has 2 heterocycles. The number of carboxylic acid groups (broad SMARTS) is 1. The Kier molecular flexibility index (Phi) is 19.1. The fourth-order valence-corrected chi connectivity index (χ4v) is 7.91. The number of thiazole rings is 1. The van der Waals surface area contributed by atoms with E-state index in [1.165, 1.54) is 29.3 Å². The van der Waals surface area contributed by atoms with Crippen molar-refractivity contribution >= 4 is 47.0 Å². The molecule has 0 saturated carbocycles. The van der Waals surface area contributed by atoms with E-state index in [0.29, 0.717) is 30.7 Å². The van der Waals surface area contributed by atoms with Gasteiger partial charge in [0.05, 0.1) is 12.0 Å². The van der Waals surface area contributed by atoms with Gasteiger partial charge < -0.3 is 35.2 Å². The number of carbonyl (C=O) groups excluding carboxylic acids is 5. The number of carboxylic acids is 1. The molecule has 7 atom stereocenters. The van der Waals surface area contributed by atoms with Crippen LogP contribution in [-0.2, 0) is 39.9 Å². The minimum absolute atomic E-state index is 0.0330. The first-order valence-electron chi connectivity index (χ1n) is 20.4. The summed E-state index contributed by atoms with van der Waals surface area (Å²) in [4.78, 5) is 87.0. The molecule has 0 spiro atoms. The van der Waals surface area contributed by atoms with Crippen LogP contribution in [0.15, 0.2) is 29.6 Å². The fraction of sp³-hybridized carbons (Fsp3) is 0.643. The highest BCUT2D eigenvalue weighted by atomic mass is 32.1.